The third kappa shape index (κ3) is 3.18. The Labute approximate surface area is 114 Å². The van der Waals surface area contributed by atoms with E-state index in [9.17, 15) is 0 Å². The Hall–Kier alpha value is -0.283. The minimum absolute atomic E-state index is 0.201. The average Bonchev–Trinajstić information content (AvgIpc) is 2.24. The van der Waals surface area contributed by atoms with Crippen molar-refractivity contribution in [1.82, 2.24) is 0 Å². The van der Waals surface area contributed by atoms with E-state index in [2.05, 4.69) is 47.6 Å². The molecule has 3 heteroatoms. The lowest BCUT2D eigenvalue weighted by molar-refractivity contribution is 0.336. The fourth-order valence-corrected chi connectivity index (χ4v) is 8.91. The molecule has 1 aliphatic carbocycles. The van der Waals surface area contributed by atoms with E-state index in [1.54, 1.807) is 0 Å². The molecule has 0 aliphatic heterocycles. The Morgan fingerprint density at radius 2 is 1.61 bits per heavy atom. The smallest absolute Gasteiger partial charge is 0.258 e. The molecule has 0 aromatic carbocycles. The van der Waals surface area contributed by atoms with Crippen molar-refractivity contribution in [2.75, 3.05) is 0 Å². The van der Waals surface area contributed by atoms with Crippen molar-refractivity contribution in [3.63, 3.8) is 0 Å². The van der Waals surface area contributed by atoms with Gasteiger partial charge in [-0.25, -0.2) is 0 Å². The molecule has 1 rings (SSSR count). The van der Waals surface area contributed by atoms with E-state index >= 15 is 0 Å². The van der Waals surface area contributed by atoms with Crippen LogP contribution < -0.4 is 5.73 Å². The van der Waals surface area contributed by atoms with Crippen molar-refractivity contribution in [2.45, 2.75) is 83.5 Å². The number of allylic oxidation sites excluding steroid dienone is 1. The topological polar surface area (TPSA) is 35.2 Å². The molecule has 18 heavy (non-hydrogen) atoms. The summed E-state index contributed by atoms with van der Waals surface area (Å²) in [6.07, 6.45) is 5.52. The van der Waals surface area contributed by atoms with Crippen LogP contribution in [0.3, 0.4) is 0 Å². The van der Waals surface area contributed by atoms with E-state index in [0.717, 1.165) is 12.8 Å². The molecule has 0 amide bonds. The molecule has 1 aliphatic rings. The Morgan fingerprint density at radius 1 is 1.11 bits per heavy atom. The van der Waals surface area contributed by atoms with Crippen molar-refractivity contribution in [1.29, 1.82) is 0 Å². The molecule has 0 fully saturated rings. The summed E-state index contributed by atoms with van der Waals surface area (Å²) in [5, 5.41) is 0. The van der Waals surface area contributed by atoms with Gasteiger partial charge in [-0.05, 0) is 35.5 Å². The van der Waals surface area contributed by atoms with E-state index in [1.807, 2.05) is 0 Å². The van der Waals surface area contributed by atoms with Crippen molar-refractivity contribution >= 4 is 8.32 Å². The molecule has 0 saturated heterocycles. The lowest BCUT2D eigenvalue weighted by atomic mass is 10.0. The largest absolute Gasteiger partial charge is 0.546 e. The molecule has 106 valence electrons. The molecular weight excluding hydrogens is 238 g/mol. The maximum atomic E-state index is 6.65. The molecular formula is C15H31NOSi. The molecule has 0 saturated carbocycles. The molecule has 2 N–H and O–H groups in total. The van der Waals surface area contributed by atoms with Crippen molar-refractivity contribution in [3.8, 4) is 0 Å². The number of nitrogens with two attached hydrogens (primary N) is 1. The van der Waals surface area contributed by atoms with E-state index in [0.29, 0.717) is 16.6 Å². The van der Waals surface area contributed by atoms with Gasteiger partial charge in [-0.15, -0.1) is 0 Å². The number of rotatable bonds is 5. The highest BCUT2D eigenvalue weighted by molar-refractivity contribution is 6.77. The van der Waals surface area contributed by atoms with Gasteiger partial charge in [0.25, 0.3) is 8.32 Å². The van der Waals surface area contributed by atoms with E-state index in [1.165, 1.54) is 12.2 Å². The van der Waals surface area contributed by atoms with Crippen molar-refractivity contribution < 1.29 is 4.43 Å². The lowest BCUT2D eigenvalue weighted by Gasteiger charge is -2.43. The van der Waals surface area contributed by atoms with Gasteiger partial charge in [0.1, 0.15) is 0 Å². The fourth-order valence-electron chi connectivity index (χ4n) is 3.58. The normalized spacial score (nSPS) is 21.7. The van der Waals surface area contributed by atoms with Gasteiger partial charge in [-0.3, -0.25) is 0 Å². The maximum Gasteiger partial charge on any atom is 0.258 e. The molecule has 1 unspecified atom stereocenters. The maximum absolute atomic E-state index is 6.65. The fraction of sp³-hybridized carbons (Fsp3) is 0.867. The van der Waals surface area contributed by atoms with Crippen LogP contribution in [-0.4, -0.2) is 14.4 Å². The monoisotopic (exact) mass is 269 g/mol. The zero-order valence-corrected chi connectivity index (χ0v) is 14.0. The average molecular weight is 270 g/mol. The Bertz CT molecular complexity index is 275. The first-order valence-electron chi connectivity index (χ1n) is 7.46. The lowest BCUT2D eigenvalue weighted by Crippen LogP contribution is -2.47. The zero-order valence-electron chi connectivity index (χ0n) is 13.0. The van der Waals surface area contributed by atoms with Gasteiger partial charge in [0.15, 0.2) is 0 Å². The number of hydrogen-bond acceptors (Lipinski definition) is 2. The summed E-state index contributed by atoms with van der Waals surface area (Å²) in [7, 11) is -1.77. The van der Waals surface area contributed by atoms with Crippen LogP contribution in [0.4, 0.5) is 0 Å². The van der Waals surface area contributed by atoms with Gasteiger partial charge in [-0.1, -0.05) is 41.5 Å². The van der Waals surface area contributed by atoms with Gasteiger partial charge in [-0.2, -0.15) is 0 Å². The van der Waals surface area contributed by atoms with Crippen molar-refractivity contribution in [2.24, 2.45) is 5.73 Å². The summed E-state index contributed by atoms with van der Waals surface area (Å²) >= 11 is 0. The summed E-state index contributed by atoms with van der Waals surface area (Å²) in [6, 6.07) is 0.201. The van der Waals surface area contributed by atoms with Crippen molar-refractivity contribution in [3.05, 3.63) is 11.8 Å². The van der Waals surface area contributed by atoms with E-state index in [-0.39, 0.29) is 6.04 Å². The summed E-state index contributed by atoms with van der Waals surface area (Å²) in [5.74, 6) is 1.18. The second-order valence-electron chi connectivity index (χ2n) is 6.61. The van der Waals surface area contributed by atoms with Crippen LogP contribution in [0.25, 0.3) is 0 Å². The second kappa shape index (κ2) is 6.24. The molecule has 0 spiro atoms. The first-order chi connectivity index (χ1) is 8.30. The third-order valence-corrected chi connectivity index (χ3v) is 10.4. The standard InChI is InChI=1S/C15H31NOSi/c1-11(2)18(12(3)4,13(5)6)17-15-9-7-8-14(16)10-15/h10-14H,7-9,16H2,1-6H3. The Kier molecular flexibility index (Phi) is 5.47. The van der Waals surface area contributed by atoms with Gasteiger partial charge in [0.2, 0.25) is 0 Å². The van der Waals surface area contributed by atoms with E-state index in [4.69, 9.17) is 10.2 Å². The minimum atomic E-state index is -1.77. The first-order valence-corrected chi connectivity index (χ1v) is 9.60. The van der Waals surface area contributed by atoms with Crippen LogP contribution in [0.15, 0.2) is 11.8 Å². The van der Waals surface area contributed by atoms with Gasteiger partial charge < -0.3 is 10.2 Å². The summed E-state index contributed by atoms with van der Waals surface area (Å²) in [6.45, 7) is 14.0. The molecule has 2 nitrogen and oxygen atoms in total. The summed E-state index contributed by atoms with van der Waals surface area (Å²) in [4.78, 5) is 0. The molecule has 0 heterocycles. The minimum Gasteiger partial charge on any atom is -0.546 e. The second-order valence-corrected chi connectivity index (χ2v) is 12.0. The van der Waals surface area contributed by atoms with Gasteiger partial charge >= 0.3 is 0 Å². The quantitative estimate of drug-likeness (QED) is 0.742. The van der Waals surface area contributed by atoms with Crippen LogP contribution in [0.5, 0.6) is 0 Å². The highest BCUT2D eigenvalue weighted by atomic mass is 28.4. The van der Waals surface area contributed by atoms with E-state index < -0.39 is 8.32 Å². The predicted molar refractivity (Wildman–Crippen MR) is 82.0 cm³/mol. The summed E-state index contributed by atoms with van der Waals surface area (Å²) in [5.41, 5.74) is 7.94. The Morgan fingerprint density at radius 3 is 2.00 bits per heavy atom. The molecule has 0 aromatic heterocycles. The number of hydrogen-bond donors (Lipinski definition) is 1. The van der Waals surface area contributed by atoms with Crippen LogP contribution >= 0.6 is 0 Å². The van der Waals surface area contributed by atoms with Gasteiger partial charge in [0, 0.05) is 12.5 Å². The van der Waals surface area contributed by atoms with Crippen LogP contribution in [-0.2, 0) is 4.43 Å². The predicted octanol–water partition coefficient (Wildman–Crippen LogP) is 4.57. The summed E-state index contributed by atoms with van der Waals surface area (Å²) < 4.78 is 6.65. The Balaban J connectivity index is 2.97. The molecule has 0 bridgehead atoms. The molecule has 0 aromatic rings. The SMILES string of the molecule is CC(C)[Si](OC1=CC(N)CCC1)(C(C)C)C(C)C. The van der Waals surface area contributed by atoms with Crippen LogP contribution in [0.1, 0.15) is 60.8 Å². The van der Waals surface area contributed by atoms with Crippen LogP contribution in [0.2, 0.25) is 16.6 Å². The highest BCUT2D eigenvalue weighted by Crippen LogP contribution is 2.44. The highest BCUT2D eigenvalue weighted by Gasteiger charge is 2.47. The molecule has 1 atom stereocenters. The third-order valence-electron chi connectivity index (χ3n) is 4.38. The van der Waals surface area contributed by atoms with Crippen LogP contribution in [0, 0.1) is 0 Å². The molecule has 0 radical (unpaired) electrons. The van der Waals surface area contributed by atoms with Gasteiger partial charge in [0.05, 0.1) is 5.76 Å². The first kappa shape index (κ1) is 15.8. The zero-order chi connectivity index (χ0) is 13.9.